The van der Waals surface area contributed by atoms with Gasteiger partial charge in [0.25, 0.3) is 0 Å². The largest absolute Gasteiger partial charge is 0.462 e. The first-order valence-electron chi connectivity index (χ1n) is 33.7. The first-order valence-corrected chi connectivity index (χ1v) is 33.7. The molecule has 0 saturated heterocycles. The van der Waals surface area contributed by atoms with E-state index in [9.17, 15) is 14.4 Å². The van der Waals surface area contributed by atoms with Crippen LogP contribution in [0.25, 0.3) is 0 Å². The zero-order valence-corrected chi connectivity index (χ0v) is 52.8. The van der Waals surface area contributed by atoms with Crippen LogP contribution in [0.4, 0.5) is 0 Å². The third-order valence-electron chi connectivity index (χ3n) is 14.1. The van der Waals surface area contributed by atoms with Crippen LogP contribution in [0.2, 0.25) is 0 Å². The van der Waals surface area contributed by atoms with Crippen LogP contribution in [0.3, 0.4) is 0 Å². The summed E-state index contributed by atoms with van der Waals surface area (Å²) >= 11 is 0. The van der Waals surface area contributed by atoms with E-state index in [1.54, 1.807) is 0 Å². The van der Waals surface area contributed by atoms with Crippen molar-refractivity contribution in [3.05, 3.63) is 134 Å². The third-order valence-corrected chi connectivity index (χ3v) is 14.1. The highest BCUT2D eigenvalue weighted by Gasteiger charge is 2.19. The fourth-order valence-electron chi connectivity index (χ4n) is 9.14. The molecule has 0 bridgehead atoms. The Hall–Kier alpha value is -4.45. The Kier molecular flexibility index (Phi) is 64.3. The molecule has 0 aromatic carbocycles. The second kappa shape index (κ2) is 68.1. The Balaban J connectivity index is 4.33. The van der Waals surface area contributed by atoms with Crippen LogP contribution in [0, 0.1) is 0 Å². The van der Waals surface area contributed by atoms with Gasteiger partial charge in [-0.2, -0.15) is 0 Å². The van der Waals surface area contributed by atoms with E-state index in [4.69, 9.17) is 14.2 Å². The van der Waals surface area contributed by atoms with Crippen molar-refractivity contribution in [2.75, 3.05) is 13.2 Å². The number of ether oxygens (including phenoxy) is 3. The maximum Gasteiger partial charge on any atom is 0.306 e. The summed E-state index contributed by atoms with van der Waals surface area (Å²) in [5.41, 5.74) is 0. The SMILES string of the molecule is CC/C=C\C/C=C\C/C=C\C/C=C\C/C=C\CCCCCCCCCCCCCCCC(=O)OCC(COC(=O)CCCCC/C=C\C/C=C\C/C=C\CC)OC(=O)CCCCCCCC/C=C\C/C=C\C/C=C\CCCCCCC. The molecule has 460 valence electrons. The van der Waals surface area contributed by atoms with Crippen molar-refractivity contribution in [3.63, 3.8) is 0 Å². The molecule has 0 aliphatic carbocycles. The summed E-state index contributed by atoms with van der Waals surface area (Å²) in [6.45, 7) is 6.38. The molecule has 6 nitrogen and oxygen atoms in total. The molecule has 0 aliphatic heterocycles. The van der Waals surface area contributed by atoms with Crippen LogP contribution in [-0.4, -0.2) is 37.2 Å². The van der Waals surface area contributed by atoms with Crippen molar-refractivity contribution in [3.8, 4) is 0 Å². The second-order valence-electron chi connectivity index (χ2n) is 22.0. The standard InChI is InChI=1S/C75H124O6/c1-4-7-10-13-16-19-22-25-27-29-31-33-34-35-36-37-38-39-40-42-43-45-47-50-53-56-59-62-65-68-74(77)80-71-72(70-79-73(76)67-64-61-58-55-52-49-24-21-18-15-12-9-6-3)81-75(78)69-66-63-60-57-54-51-48-46-44-41-32-30-28-26-23-20-17-14-11-8-5-2/h7,9-10,12,16,18-19,21,23,25-27,30-33,35-36,44,46,49,52,72H,4-6,8,11,13-15,17,20,22,24,28-29,34,37-43,45,47-48,50-51,53-71H2,1-3H3/b10-7-,12-9-,19-16-,21-18-,26-23-,27-25-,32-30-,33-31-,36-35-,46-44-,52-49-. The van der Waals surface area contributed by atoms with Crippen molar-refractivity contribution < 1.29 is 28.6 Å². The first-order chi connectivity index (χ1) is 40.0. The Morgan fingerprint density at radius 3 is 0.765 bits per heavy atom. The number of unbranched alkanes of at least 4 members (excludes halogenated alkanes) is 27. The van der Waals surface area contributed by atoms with E-state index < -0.39 is 6.10 Å². The highest BCUT2D eigenvalue weighted by molar-refractivity contribution is 5.71. The lowest BCUT2D eigenvalue weighted by molar-refractivity contribution is -0.167. The lowest BCUT2D eigenvalue weighted by Crippen LogP contribution is -2.30. The molecule has 0 aromatic rings. The molecular formula is C75H124O6. The summed E-state index contributed by atoms with van der Waals surface area (Å²) in [4.78, 5) is 38.4. The number of carbonyl (C=O) groups excluding carboxylic acids is 3. The molecule has 0 aliphatic rings. The van der Waals surface area contributed by atoms with Gasteiger partial charge in [0.15, 0.2) is 6.10 Å². The van der Waals surface area contributed by atoms with Crippen LogP contribution in [0.15, 0.2) is 134 Å². The van der Waals surface area contributed by atoms with E-state index in [-0.39, 0.29) is 31.1 Å². The molecule has 0 amide bonds. The van der Waals surface area contributed by atoms with Crippen molar-refractivity contribution >= 4 is 17.9 Å². The van der Waals surface area contributed by atoms with Gasteiger partial charge < -0.3 is 14.2 Å². The molecule has 1 atom stereocenters. The van der Waals surface area contributed by atoms with Crippen LogP contribution in [-0.2, 0) is 28.6 Å². The van der Waals surface area contributed by atoms with Crippen molar-refractivity contribution in [2.45, 2.75) is 309 Å². The van der Waals surface area contributed by atoms with E-state index >= 15 is 0 Å². The number of allylic oxidation sites excluding steroid dienone is 22. The topological polar surface area (TPSA) is 78.9 Å². The van der Waals surface area contributed by atoms with E-state index in [1.165, 1.54) is 122 Å². The highest BCUT2D eigenvalue weighted by Crippen LogP contribution is 2.16. The molecule has 0 rings (SSSR count). The van der Waals surface area contributed by atoms with Gasteiger partial charge in [0.2, 0.25) is 0 Å². The molecule has 0 aromatic heterocycles. The summed E-state index contributed by atoms with van der Waals surface area (Å²) in [6, 6.07) is 0. The van der Waals surface area contributed by atoms with Gasteiger partial charge in [-0.1, -0.05) is 283 Å². The van der Waals surface area contributed by atoms with Gasteiger partial charge >= 0.3 is 17.9 Å². The Morgan fingerprint density at radius 2 is 0.481 bits per heavy atom. The molecule has 6 heteroatoms. The smallest absolute Gasteiger partial charge is 0.306 e. The summed E-state index contributed by atoms with van der Waals surface area (Å²) in [5.74, 6) is -0.935. The average Bonchev–Trinajstić information content (AvgIpc) is 3.46. The van der Waals surface area contributed by atoms with Crippen molar-refractivity contribution in [1.29, 1.82) is 0 Å². The van der Waals surface area contributed by atoms with Crippen molar-refractivity contribution in [2.24, 2.45) is 0 Å². The van der Waals surface area contributed by atoms with Crippen LogP contribution >= 0.6 is 0 Å². The molecule has 81 heavy (non-hydrogen) atoms. The van der Waals surface area contributed by atoms with Gasteiger partial charge in [0.05, 0.1) is 0 Å². The number of rotatable bonds is 60. The summed E-state index contributed by atoms with van der Waals surface area (Å²) in [6.07, 6.45) is 96.1. The maximum absolute atomic E-state index is 12.9. The molecule has 0 spiro atoms. The highest BCUT2D eigenvalue weighted by atomic mass is 16.6. The predicted molar refractivity (Wildman–Crippen MR) is 353 cm³/mol. The van der Waals surface area contributed by atoms with Gasteiger partial charge in [-0.15, -0.1) is 0 Å². The normalized spacial score (nSPS) is 13.0. The maximum atomic E-state index is 12.9. The Bertz CT molecular complexity index is 1720. The second-order valence-corrected chi connectivity index (χ2v) is 22.0. The van der Waals surface area contributed by atoms with E-state index in [0.717, 1.165) is 141 Å². The zero-order valence-electron chi connectivity index (χ0n) is 52.8. The fraction of sp³-hybridized carbons (Fsp3) is 0.667. The van der Waals surface area contributed by atoms with Gasteiger partial charge in [0.1, 0.15) is 13.2 Å². The van der Waals surface area contributed by atoms with Crippen LogP contribution in [0.1, 0.15) is 303 Å². The average molecular weight is 1120 g/mol. The lowest BCUT2D eigenvalue weighted by atomic mass is 10.0. The van der Waals surface area contributed by atoms with E-state index in [2.05, 4.69) is 154 Å². The van der Waals surface area contributed by atoms with E-state index in [1.807, 2.05) is 0 Å². The number of esters is 3. The first kappa shape index (κ1) is 76.5. The number of hydrogen-bond donors (Lipinski definition) is 0. The van der Waals surface area contributed by atoms with Crippen LogP contribution in [0.5, 0.6) is 0 Å². The molecule has 1 unspecified atom stereocenters. The zero-order chi connectivity index (χ0) is 58.5. The minimum Gasteiger partial charge on any atom is -0.462 e. The Morgan fingerprint density at radius 1 is 0.259 bits per heavy atom. The lowest BCUT2D eigenvalue weighted by Gasteiger charge is -2.18. The molecular weight excluding hydrogens is 997 g/mol. The minimum absolute atomic E-state index is 0.0959. The minimum atomic E-state index is -0.803. The molecule has 0 N–H and O–H groups in total. The third kappa shape index (κ3) is 66.2. The summed E-state index contributed by atoms with van der Waals surface area (Å²) in [5, 5.41) is 0. The molecule has 0 fully saturated rings. The number of carbonyl (C=O) groups is 3. The van der Waals surface area contributed by atoms with Crippen molar-refractivity contribution in [1.82, 2.24) is 0 Å². The van der Waals surface area contributed by atoms with Gasteiger partial charge in [0, 0.05) is 19.3 Å². The van der Waals surface area contributed by atoms with Gasteiger partial charge in [-0.3, -0.25) is 14.4 Å². The van der Waals surface area contributed by atoms with Gasteiger partial charge in [-0.25, -0.2) is 0 Å². The monoisotopic (exact) mass is 1120 g/mol. The molecule has 0 heterocycles. The van der Waals surface area contributed by atoms with E-state index in [0.29, 0.717) is 19.3 Å². The molecule has 0 radical (unpaired) electrons. The number of hydrogen-bond acceptors (Lipinski definition) is 6. The summed E-state index contributed by atoms with van der Waals surface area (Å²) in [7, 11) is 0. The quantitative estimate of drug-likeness (QED) is 0.0261. The summed E-state index contributed by atoms with van der Waals surface area (Å²) < 4.78 is 16.9. The predicted octanol–water partition coefficient (Wildman–Crippen LogP) is 23.3. The van der Waals surface area contributed by atoms with Crippen LogP contribution < -0.4 is 0 Å². The molecule has 0 saturated carbocycles. The Labute approximate surface area is 500 Å². The van der Waals surface area contributed by atoms with Gasteiger partial charge in [-0.05, 0) is 135 Å². The fourth-order valence-corrected chi connectivity index (χ4v) is 9.14.